The topological polar surface area (TPSA) is 77.2 Å². The maximum Gasteiger partial charge on any atom is 0.328 e. The van der Waals surface area contributed by atoms with Crippen LogP contribution in [0.3, 0.4) is 0 Å². The zero-order valence-electron chi connectivity index (χ0n) is 10.1. The van der Waals surface area contributed by atoms with Crippen LogP contribution in [0.4, 0.5) is 6.01 Å². The summed E-state index contributed by atoms with van der Waals surface area (Å²) in [4.78, 5) is 15.7. The predicted molar refractivity (Wildman–Crippen MR) is 64.4 cm³/mol. The molecule has 2 aromatic rings. The second-order valence-electron chi connectivity index (χ2n) is 3.68. The number of aryl methyl sites for hydroxylation is 1. The van der Waals surface area contributed by atoms with Crippen LogP contribution < -0.4 is 10.1 Å². The van der Waals surface area contributed by atoms with Gasteiger partial charge >= 0.3 is 6.01 Å². The summed E-state index contributed by atoms with van der Waals surface area (Å²) in [6.07, 6.45) is 0.186. The number of carbonyl (C=O) groups is 1. The van der Waals surface area contributed by atoms with Crippen molar-refractivity contribution in [2.24, 2.45) is 0 Å². The van der Waals surface area contributed by atoms with Crippen molar-refractivity contribution in [2.45, 2.75) is 13.3 Å². The first kappa shape index (κ1) is 12.1. The molecular weight excluding hydrogens is 234 g/mol. The molecule has 0 aliphatic rings. The SMILES string of the molecule is COc1ccccc1CC(=O)Nc1nc(C)no1. The molecule has 0 aliphatic heterocycles. The number of carbonyl (C=O) groups excluding carboxylic acids is 1. The molecular formula is C12H13N3O3. The minimum Gasteiger partial charge on any atom is -0.496 e. The van der Waals surface area contributed by atoms with Gasteiger partial charge in [-0.05, 0) is 13.0 Å². The number of para-hydroxylation sites is 1. The lowest BCUT2D eigenvalue weighted by molar-refractivity contribution is -0.115. The third-order valence-corrected chi connectivity index (χ3v) is 2.32. The highest BCUT2D eigenvalue weighted by atomic mass is 16.5. The molecule has 0 unspecified atom stereocenters. The standard InChI is InChI=1S/C12H13N3O3/c1-8-13-12(18-15-8)14-11(16)7-9-5-3-4-6-10(9)17-2/h3-6H,7H2,1-2H3,(H,13,14,15,16). The van der Waals surface area contributed by atoms with Crippen LogP contribution in [0.1, 0.15) is 11.4 Å². The van der Waals surface area contributed by atoms with Gasteiger partial charge in [0.15, 0.2) is 5.82 Å². The summed E-state index contributed by atoms with van der Waals surface area (Å²) in [5.74, 6) is 0.917. The number of amides is 1. The highest BCUT2D eigenvalue weighted by Gasteiger charge is 2.11. The number of hydrogen-bond donors (Lipinski definition) is 1. The first-order valence-corrected chi connectivity index (χ1v) is 5.41. The lowest BCUT2D eigenvalue weighted by Crippen LogP contribution is -2.15. The van der Waals surface area contributed by atoms with Crippen molar-refractivity contribution >= 4 is 11.9 Å². The van der Waals surface area contributed by atoms with Crippen molar-refractivity contribution < 1.29 is 14.1 Å². The van der Waals surface area contributed by atoms with Crippen LogP contribution in [0.25, 0.3) is 0 Å². The summed E-state index contributed by atoms with van der Waals surface area (Å²) in [6.45, 7) is 1.68. The largest absolute Gasteiger partial charge is 0.496 e. The molecule has 0 saturated carbocycles. The molecule has 94 valence electrons. The number of nitrogens with zero attached hydrogens (tertiary/aromatic N) is 2. The quantitative estimate of drug-likeness (QED) is 0.887. The van der Waals surface area contributed by atoms with E-state index in [4.69, 9.17) is 9.26 Å². The van der Waals surface area contributed by atoms with E-state index in [1.807, 2.05) is 18.2 Å². The van der Waals surface area contributed by atoms with Crippen molar-refractivity contribution in [1.29, 1.82) is 0 Å². The third kappa shape index (κ3) is 2.85. The van der Waals surface area contributed by atoms with Crippen LogP contribution in [0.15, 0.2) is 28.8 Å². The molecule has 1 aromatic carbocycles. The van der Waals surface area contributed by atoms with Crippen LogP contribution in [-0.2, 0) is 11.2 Å². The van der Waals surface area contributed by atoms with Gasteiger partial charge in [0.05, 0.1) is 13.5 Å². The number of anilines is 1. The van der Waals surface area contributed by atoms with E-state index >= 15 is 0 Å². The summed E-state index contributed by atoms with van der Waals surface area (Å²) in [6, 6.07) is 7.44. The molecule has 0 radical (unpaired) electrons. The van der Waals surface area contributed by atoms with E-state index in [-0.39, 0.29) is 18.3 Å². The van der Waals surface area contributed by atoms with E-state index < -0.39 is 0 Å². The summed E-state index contributed by atoms with van der Waals surface area (Å²) in [5.41, 5.74) is 0.800. The maximum absolute atomic E-state index is 11.8. The number of rotatable bonds is 4. The number of nitrogens with one attached hydrogen (secondary N) is 1. The van der Waals surface area contributed by atoms with Crippen molar-refractivity contribution in [3.63, 3.8) is 0 Å². The van der Waals surface area contributed by atoms with Crippen molar-refractivity contribution in [1.82, 2.24) is 10.1 Å². The molecule has 6 heteroatoms. The molecule has 0 bridgehead atoms. The van der Waals surface area contributed by atoms with Gasteiger partial charge in [0.2, 0.25) is 5.91 Å². The van der Waals surface area contributed by atoms with Gasteiger partial charge < -0.3 is 9.26 Å². The van der Waals surface area contributed by atoms with E-state index in [2.05, 4.69) is 15.5 Å². The maximum atomic E-state index is 11.8. The predicted octanol–water partition coefficient (Wildman–Crippen LogP) is 1.57. The fraction of sp³-hybridized carbons (Fsp3) is 0.250. The van der Waals surface area contributed by atoms with E-state index in [0.717, 1.165) is 5.56 Å². The van der Waals surface area contributed by atoms with Crippen LogP contribution in [0.5, 0.6) is 5.75 Å². The van der Waals surface area contributed by atoms with E-state index in [0.29, 0.717) is 11.6 Å². The number of benzene rings is 1. The van der Waals surface area contributed by atoms with E-state index in [9.17, 15) is 4.79 Å². The summed E-state index contributed by atoms with van der Waals surface area (Å²) >= 11 is 0. The average Bonchev–Trinajstić information content (AvgIpc) is 2.75. The Bertz CT molecular complexity index is 551. The number of ether oxygens (including phenoxy) is 1. The van der Waals surface area contributed by atoms with Gasteiger partial charge in [-0.3, -0.25) is 10.1 Å². The zero-order valence-corrected chi connectivity index (χ0v) is 10.1. The van der Waals surface area contributed by atoms with Gasteiger partial charge in [-0.25, -0.2) is 0 Å². The van der Waals surface area contributed by atoms with Crippen LogP contribution in [0.2, 0.25) is 0 Å². The fourth-order valence-corrected chi connectivity index (χ4v) is 1.53. The molecule has 18 heavy (non-hydrogen) atoms. The molecule has 0 saturated heterocycles. The molecule has 0 atom stereocenters. The monoisotopic (exact) mass is 247 g/mol. The van der Waals surface area contributed by atoms with E-state index in [1.54, 1.807) is 20.1 Å². The number of methoxy groups -OCH3 is 1. The van der Waals surface area contributed by atoms with Crippen LogP contribution in [-0.4, -0.2) is 23.2 Å². The molecule has 0 fully saturated rings. The molecule has 1 heterocycles. The minimum absolute atomic E-state index is 0.104. The van der Waals surface area contributed by atoms with Crippen molar-refractivity contribution in [3.05, 3.63) is 35.7 Å². The number of aromatic nitrogens is 2. The van der Waals surface area contributed by atoms with Gasteiger partial charge in [0.1, 0.15) is 5.75 Å². The molecule has 2 rings (SSSR count). The summed E-state index contributed by atoms with van der Waals surface area (Å²) in [7, 11) is 1.57. The minimum atomic E-state index is -0.233. The first-order chi connectivity index (χ1) is 8.69. The van der Waals surface area contributed by atoms with Gasteiger partial charge in [-0.1, -0.05) is 23.4 Å². The smallest absolute Gasteiger partial charge is 0.328 e. The Labute approximate surface area is 104 Å². The molecule has 1 N–H and O–H groups in total. The zero-order chi connectivity index (χ0) is 13.0. The van der Waals surface area contributed by atoms with Crippen molar-refractivity contribution in [3.8, 4) is 5.75 Å². The number of hydrogen-bond acceptors (Lipinski definition) is 5. The van der Waals surface area contributed by atoms with Crippen molar-refractivity contribution in [2.75, 3.05) is 12.4 Å². The summed E-state index contributed by atoms with van der Waals surface area (Å²) in [5, 5.41) is 6.11. The summed E-state index contributed by atoms with van der Waals surface area (Å²) < 4.78 is 9.97. The van der Waals surface area contributed by atoms with Gasteiger partial charge in [0, 0.05) is 5.56 Å². The molecule has 0 spiro atoms. The van der Waals surface area contributed by atoms with Gasteiger partial charge in [-0.15, -0.1) is 0 Å². The van der Waals surface area contributed by atoms with Gasteiger partial charge in [-0.2, -0.15) is 4.98 Å². The fourth-order valence-electron chi connectivity index (χ4n) is 1.53. The van der Waals surface area contributed by atoms with Gasteiger partial charge in [0.25, 0.3) is 0 Å². The molecule has 1 amide bonds. The second-order valence-corrected chi connectivity index (χ2v) is 3.68. The lowest BCUT2D eigenvalue weighted by atomic mass is 10.1. The normalized spacial score (nSPS) is 10.1. The Morgan fingerprint density at radius 2 is 2.22 bits per heavy atom. The second kappa shape index (κ2) is 5.31. The van der Waals surface area contributed by atoms with E-state index in [1.165, 1.54) is 0 Å². The molecule has 6 nitrogen and oxygen atoms in total. The molecule has 1 aromatic heterocycles. The van der Waals surface area contributed by atoms with Crippen LogP contribution >= 0.6 is 0 Å². The Morgan fingerprint density at radius 1 is 1.44 bits per heavy atom. The lowest BCUT2D eigenvalue weighted by Gasteiger charge is -2.06. The molecule has 0 aliphatic carbocycles. The first-order valence-electron chi connectivity index (χ1n) is 5.41. The Balaban J connectivity index is 2.03. The highest BCUT2D eigenvalue weighted by Crippen LogP contribution is 2.18. The Morgan fingerprint density at radius 3 is 2.89 bits per heavy atom. The Kier molecular flexibility index (Phi) is 3.57. The average molecular weight is 247 g/mol. The Hall–Kier alpha value is -2.37. The third-order valence-electron chi connectivity index (χ3n) is 2.32. The highest BCUT2D eigenvalue weighted by molar-refractivity contribution is 5.90. The van der Waals surface area contributed by atoms with Crippen LogP contribution in [0, 0.1) is 6.92 Å².